The van der Waals surface area contributed by atoms with Crippen molar-refractivity contribution in [3.05, 3.63) is 71.2 Å². The van der Waals surface area contributed by atoms with Gasteiger partial charge in [-0.2, -0.15) is 0 Å². The van der Waals surface area contributed by atoms with Crippen LogP contribution >= 0.6 is 0 Å². The van der Waals surface area contributed by atoms with Crippen LogP contribution in [-0.4, -0.2) is 27.0 Å². The lowest BCUT2D eigenvalue weighted by atomic mass is 9.94. The number of hydrogen-bond acceptors (Lipinski definition) is 6. The predicted octanol–water partition coefficient (Wildman–Crippen LogP) is 5.82. The van der Waals surface area contributed by atoms with E-state index in [4.69, 9.17) is 14.7 Å². The van der Waals surface area contributed by atoms with Gasteiger partial charge in [0.15, 0.2) is 0 Å². The van der Waals surface area contributed by atoms with Gasteiger partial charge in [-0.05, 0) is 48.6 Å². The lowest BCUT2D eigenvalue weighted by molar-refractivity contribution is 0.413. The minimum Gasteiger partial charge on any atom is -0.495 e. The molecule has 0 saturated carbocycles. The van der Waals surface area contributed by atoms with Gasteiger partial charge in [-0.3, -0.25) is 14.8 Å². The summed E-state index contributed by atoms with van der Waals surface area (Å²) < 4.78 is 5.30. The fourth-order valence-corrected chi connectivity index (χ4v) is 4.12. The summed E-state index contributed by atoms with van der Waals surface area (Å²) in [6.45, 7) is 4.41. The van der Waals surface area contributed by atoms with Gasteiger partial charge in [0.2, 0.25) is 0 Å². The van der Waals surface area contributed by atoms with Gasteiger partial charge in [-0.1, -0.05) is 26.7 Å². The monoisotopic (exact) mass is 443 g/mol. The van der Waals surface area contributed by atoms with Crippen molar-refractivity contribution in [3.8, 4) is 17.0 Å². The van der Waals surface area contributed by atoms with E-state index in [1.54, 1.807) is 25.7 Å². The highest BCUT2D eigenvalue weighted by Gasteiger charge is 2.14. The van der Waals surface area contributed by atoms with Gasteiger partial charge in [-0.25, -0.2) is 4.98 Å². The second-order valence-corrected chi connectivity index (χ2v) is 8.11. The minimum atomic E-state index is -0.201. The first-order chi connectivity index (χ1) is 16.1. The molecule has 33 heavy (non-hydrogen) atoms. The summed E-state index contributed by atoms with van der Waals surface area (Å²) in [4.78, 5) is 29.1. The third-order valence-electron chi connectivity index (χ3n) is 5.74. The first-order valence-corrected chi connectivity index (χ1v) is 11.4. The highest BCUT2D eigenvalue weighted by atomic mass is 16.5. The van der Waals surface area contributed by atoms with Crippen molar-refractivity contribution in [1.29, 1.82) is 0 Å². The van der Waals surface area contributed by atoms with Crippen LogP contribution < -0.4 is 15.6 Å². The molecule has 2 N–H and O–H groups in total. The maximum atomic E-state index is 12.6. The van der Waals surface area contributed by atoms with Gasteiger partial charge in [-0.15, -0.1) is 0 Å². The Morgan fingerprint density at radius 3 is 2.58 bits per heavy atom. The number of pyridine rings is 4. The molecule has 0 saturated heterocycles. The minimum absolute atomic E-state index is 0.201. The number of aromatic nitrogens is 4. The Balaban J connectivity index is 1.73. The van der Waals surface area contributed by atoms with Crippen LogP contribution in [0.25, 0.3) is 22.0 Å². The molecule has 4 rings (SSSR count). The van der Waals surface area contributed by atoms with E-state index >= 15 is 0 Å². The SMILES string of the molecule is CCCC(CCC)c1ccc(Nc2nc(-c3cncc(OC)c3)cc3cc[nH]c(=O)c23)cn1. The molecule has 170 valence electrons. The van der Waals surface area contributed by atoms with E-state index in [1.807, 2.05) is 30.5 Å². The van der Waals surface area contributed by atoms with Gasteiger partial charge < -0.3 is 15.0 Å². The average molecular weight is 444 g/mol. The van der Waals surface area contributed by atoms with Crippen LogP contribution in [0.5, 0.6) is 5.75 Å². The Kier molecular flexibility index (Phi) is 6.98. The Morgan fingerprint density at radius 2 is 1.88 bits per heavy atom. The summed E-state index contributed by atoms with van der Waals surface area (Å²) in [6, 6.07) is 9.69. The van der Waals surface area contributed by atoms with E-state index in [-0.39, 0.29) is 5.56 Å². The predicted molar refractivity (Wildman–Crippen MR) is 132 cm³/mol. The standard InChI is InChI=1S/C26H29N5O2/c1-4-6-17(7-5-2)22-9-8-20(15-29-22)30-25-24-18(10-11-28-26(24)32)13-23(31-25)19-12-21(33-3)16-27-14-19/h8-17H,4-7H2,1-3H3,(H,28,32)(H,30,31). The largest absolute Gasteiger partial charge is 0.495 e. The van der Waals surface area contributed by atoms with Gasteiger partial charge in [0, 0.05) is 29.6 Å². The molecular weight excluding hydrogens is 414 g/mol. The van der Waals surface area contributed by atoms with E-state index in [0.29, 0.717) is 28.6 Å². The van der Waals surface area contributed by atoms with Crippen LogP contribution in [0.1, 0.15) is 51.1 Å². The second-order valence-electron chi connectivity index (χ2n) is 8.11. The molecule has 0 radical (unpaired) electrons. The number of nitrogens with zero attached hydrogens (tertiary/aromatic N) is 3. The van der Waals surface area contributed by atoms with Crippen LogP contribution in [-0.2, 0) is 0 Å². The fraction of sp³-hybridized carbons (Fsp3) is 0.308. The van der Waals surface area contributed by atoms with Crippen LogP contribution in [0, 0.1) is 0 Å². The van der Waals surface area contributed by atoms with Gasteiger partial charge in [0.25, 0.3) is 5.56 Å². The van der Waals surface area contributed by atoms with Gasteiger partial charge in [0.1, 0.15) is 11.6 Å². The molecule has 7 nitrogen and oxygen atoms in total. The summed E-state index contributed by atoms with van der Waals surface area (Å²) in [7, 11) is 1.60. The zero-order valence-corrected chi connectivity index (χ0v) is 19.3. The van der Waals surface area contributed by atoms with Gasteiger partial charge in [0.05, 0.1) is 36.3 Å². The van der Waals surface area contributed by atoms with E-state index in [0.717, 1.165) is 48.0 Å². The molecule has 0 spiro atoms. The zero-order chi connectivity index (χ0) is 23.2. The Hall–Kier alpha value is -3.74. The molecule has 0 bridgehead atoms. The third kappa shape index (κ3) is 5.03. The molecule has 0 aromatic carbocycles. The maximum absolute atomic E-state index is 12.6. The van der Waals surface area contributed by atoms with Crippen molar-refractivity contribution in [2.75, 3.05) is 12.4 Å². The molecule has 0 amide bonds. The smallest absolute Gasteiger partial charge is 0.259 e. The van der Waals surface area contributed by atoms with E-state index in [9.17, 15) is 4.79 Å². The highest BCUT2D eigenvalue weighted by molar-refractivity contribution is 5.95. The van der Waals surface area contributed by atoms with Crippen molar-refractivity contribution in [3.63, 3.8) is 0 Å². The number of hydrogen-bond donors (Lipinski definition) is 2. The highest BCUT2D eigenvalue weighted by Crippen LogP contribution is 2.30. The molecule has 0 fully saturated rings. The molecule has 4 aromatic rings. The average Bonchev–Trinajstić information content (AvgIpc) is 2.84. The topological polar surface area (TPSA) is 92.8 Å². The van der Waals surface area contributed by atoms with Crippen LogP contribution in [0.4, 0.5) is 11.5 Å². The molecule has 0 unspecified atom stereocenters. The van der Waals surface area contributed by atoms with Gasteiger partial charge >= 0.3 is 0 Å². The zero-order valence-electron chi connectivity index (χ0n) is 19.3. The van der Waals surface area contributed by atoms with E-state index in [1.165, 1.54) is 0 Å². The Labute approximate surface area is 193 Å². The van der Waals surface area contributed by atoms with Crippen LogP contribution in [0.3, 0.4) is 0 Å². The number of fused-ring (bicyclic) bond motifs is 1. The number of methoxy groups -OCH3 is 1. The normalized spacial score (nSPS) is 11.2. The summed E-state index contributed by atoms with van der Waals surface area (Å²) in [5, 5.41) is 4.59. The molecule has 4 heterocycles. The van der Waals surface area contributed by atoms with E-state index < -0.39 is 0 Å². The van der Waals surface area contributed by atoms with Crippen molar-refractivity contribution in [2.45, 2.75) is 45.4 Å². The first-order valence-electron chi connectivity index (χ1n) is 11.4. The Bertz CT molecular complexity index is 1280. The van der Waals surface area contributed by atoms with Crippen molar-refractivity contribution in [2.24, 2.45) is 0 Å². The third-order valence-corrected chi connectivity index (χ3v) is 5.74. The molecule has 0 aliphatic rings. The number of anilines is 2. The number of rotatable bonds is 9. The summed E-state index contributed by atoms with van der Waals surface area (Å²) in [5.74, 6) is 1.59. The number of ether oxygens (including phenoxy) is 1. The number of aromatic amines is 1. The van der Waals surface area contributed by atoms with Crippen molar-refractivity contribution >= 4 is 22.3 Å². The summed E-state index contributed by atoms with van der Waals surface area (Å²) in [5.41, 5.74) is 3.18. The second kappa shape index (κ2) is 10.3. The summed E-state index contributed by atoms with van der Waals surface area (Å²) in [6.07, 6.45) is 11.4. The fourth-order valence-electron chi connectivity index (χ4n) is 4.12. The van der Waals surface area contributed by atoms with Crippen molar-refractivity contribution in [1.82, 2.24) is 19.9 Å². The maximum Gasteiger partial charge on any atom is 0.259 e. The number of H-pyrrole nitrogens is 1. The molecule has 7 heteroatoms. The molecular formula is C26H29N5O2. The lowest BCUT2D eigenvalue weighted by Gasteiger charge is -2.16. The molecule has 0 aliphatic heterocycles. The summed E-state index contributed by atoms with van der Waals surface area (Å²) >= 11 is 0. The van der Waals surface area contributed by atoms with Crippen LogP contribution in [0.15, 0.2) is 59.9 Å². The van der Waals surface area contributed by atoms with Crippen molar-refractivity contribution < 1.29 is 4.74 Å². The Morgan fingerprint density at radius 1 is 1.06 bits per heavy atom. The molecule has 4 aromatic heterocycles. The quantitative estimate of drug-likeness (QED) is 0.339. The molecule has 0 atom stereocenters. The lowest BCUT2D eigenvalue weighted by Crippen LogP contribution is -2.09. The van der Waals surface area contributed by atoms with Crippen LogP contribution in [0.2, 0.25) is 0 Å². The van der Waals surface area contributed by atoms with E-state index in [2.05, 4.69) is 35.2 Å². The molecule has 0 aliphatic carbocycles. The number of nitrogens with one attached hydrogen (secondary N) is 2. The first kappa shape index (κ1) is 22.5.